The van der Waals surface area contributed by atoms with Crippen LogP contribution in [0.5, 0.6) is 0 Å². The first-order valence-corrected chi connectivity index (χ1v) is 0. The summed E-state index contributed by atoms with van der Waals surface area (Å²) in [6.07, 6.45) is 0. The fraction of sp³-hybridized carbons (Fsp3) is 0. The second kappa shape index (κ2) is 39.0. The largest absolute Gasteiger partial charge is 0 e. The van der Waals surface area contributed by atoms with E-state index < -0.39 is 0 Å². The van der Waals surface area contributed by atoms with Gasteiger partial charge in [-0.2, -0.15) is 0 Å². The normalized spacial score (nSPS) is 0. The Kier molecular flexibility index (Phi) is 364. The SMILES string of the molecule is [B].[BiH3].[PbH2].[SiH4].[TeH2].[Zn]. The molecule has 0 atom stereocenters. The quantitative estimate of drug-likeness (QED) is 0.230. The summed E-state index contributed by atoms with van der Waals surface area (Å²) in [5.41, 5.74) is 0. The van der Waals surface area contributed by atoms with E-state index in [4.69, 9.17) is 0 Å². The van der Waals surface area contributed by atoms with Crippen LogP contribution in [0.15, 0.2) is 0 Å². The van der Waals surface area contributed by atoms with E-state index >= 15 is 0 Å². The molecule has 0 aliphatic heterocycles. The van der Waals surface area contributed by atoms with Gasteiger partial charge in [0, 0.05) is 27.9 Å². The first-order valence-electron chi connectivity index (χ1n) is 0. The zero-order chi connectivity index (χ0) is 0. The summed E-state index contributed by atoms with van der Waals surface area (Å²) < 4.78 is 0. The van der Waals surface area contributed by atoms with E-state index in [2.05, 4.69) is 0 Å². The van der Waals surface area contributed by atoms with E-state index in [9.17, 15) is 0 Å². The Morgan fingerprint density at radius 1 is 1.00 bits per heavy atom. The van der Waals surface area contributed by atoms with Crippen LogP contribution in [-0.2, 0) is 19.5 Å². The minimum Gasteiger partial charge on any atom is 0 e. The Labute approximate surface area is 114 Å². The van der Waals surface area contributed by atoms with E-state index in [1.165, 1.54) is 0 Å². The molecule has 0 aromatic rings. The average Bonchev–Trinajstić information content (AvgIpc) is 0. The maximum absolute atomic E-state index is 0. The molecule has 0 unspecified atom stereocenters. The molecule has 35 valence electrons. The van der Waals surface area contributed by atoms with Crippen molar-refractivity contribution in [2.45, 2.75) is 0 Å². The Morgan fingerprint density at radius 2 is 1.00 bits per heavy atom. The van der Waals surface area contributed by atoms with Crippen LogP contribution in [0, 0.1) is 0 Å². The summed E-state index contributed by atoms with van der Waals surface area (Å²) >= 11 is 0. The van der Waals surface area contributed by atoms with Crippen molar-refractivity contribution in [2.75, 3.05) is 0 Å². The summed E-state index contributed by atoms with van der Waals surface area (Å²) in [7, 11) is 0. The second-order valence-corrected chi connectivity index (χ2v) is 0. The molecule has 0 aliphatic carbocycles. The van der Waals surface area contributed by atoms with Crippen molar-refractivity contribution in [3.05, 3.63) is 0 Å². The molecule has 5 radical (unpaired) electrons. The molecule has 0 saturated heterocycles. The molecule has 0 aromatic carbocycles. The van der Waals surface area contributed by atoms with Gasteiger partial charge < -0.3 is 0 Å². The number of hydrogen-bond acceptors (Lipinski definition) is 0. The smallest absolute Gasteiger partial charge is 0 e. The monoisotopic (exact) mass is 661 g/mol. The molecule has 0 saturated carbocycles. The van der Waals surface area contributed by atoms with Gasteiger partial charge in [-0.25, -0.2) is 0 Å². The van der Waals surface area contributed by atoms with E-state index in [0.717, 1.165) is 0 Å². The Balaban J connectivity index is 0. The van der Waals surface area contributed by atoms with Crippen molar-refractivity contribution in [1.82, 2.24) is 0 Å². The molecule has 0 heterocycles. The average molecular weight is 659 g/mol. The van der Waals surface area contributed by atoms with Gasteiger partial charge in [0.1, 0.15) is 0 Å². The second-order valence-electron chi connectivity index (χ2n) is 0. The molecule has 0 nitrogen and oxygen atoms in total. The molecule has 6 heteroatoms. The molecule has 0 bridgehead atoms. The van der Waals surface area contributed by atoms with Crippen LogP contribution < -0.4 is 0 Å². The molecule has 0 amide bonds. The Bertz CT molecular complexity index is 15.5. The van der Waals surface area contributed by atoms with Crippen LogP contribution in [0.1, 0.15) is 0 Å². The fourth-order valence-corrected chi connectivity index (χ4v) is 0. The summed E-state index contributed by atoms with van der Waals surface area (Å²) in [5.74, 6) is 0. The minimum absolute atomic E-state index is 0. The van der Waals surface area contributed by atoms with Crippen molar-refractivity contribution in [1.29, 1.82) is 0 Å². The summed E-state index contributed by atoms with van der Waals surface area (Å²) in [4.78, 5) is 0. The van der Waals surface area contributed by atoms with Crippen LogP contribution in [0.25, 0.3) is 0 Å². The molecule has 0 fully saturated rings. The maximum Gasteiger partial charge on any atom is 0 e. The number of rotatable bonds is 0. The fourth-order valence-electron chi connectivity index (χ4n) is 0. The molecule has 6 heavy (non-hydrogen) atoms. The third-order valence-electron chi connectivity index (χ3n) is 0. The molecule has 0 N–H and O–H groups in total. The Hall–Kier alpha value is 3.50. The summed E-state index contributed by atoms with van der Waals surface area (Å²) in [5, 5.41) is 0. The van der Waals surface area contributed by atoms with Crippen LogP contribution in [-0.4, -0.2) is 96.5 Å². The molecular weight excluding hydrogens is 648 g/mol. The minimum atomic E-state index is 0. The third-order valence-corrected chi connectivity index (χ3v) is 0. The van der Waals surface area contributed by atoms with Gasteiger partial charge in [0.15, 0.2) is 0 Å². The van der Waals surface area contributed by atoms with Gasteiger partial charge in [-0.3, -0.25) is 0 Å². The van der Waals surface area contributed by atoms with Gasteiger partial charge in [0.25, 0.3) is 0 Å². The Morgan fingerprint density at radius 3 is 1.00 bits per heavy atom. The molecule has 0 rings (SSSR count). The van der Waals surface area contributed by atoms with Crippen LogP contribution in [0.2, 0.25) is 0 Å². The van der Waals surface area contributed by atoms with Crippen LogP contribution in [0.3, 0.4) is 0 Å². The van der Waals surface area contributed by atoms with E-state index in [1.807, 2.05) is 0 Å². The number of hydrogen-bond donors (Lipinski definition) is 0. The van der Waals surface area contributed by atoms with Crippen LogP contribution >= 0.6 is 0 Å². The van der Waals surface area contributed by atoms with E-state index in [1.54, 1.807) is 0 Å². The van der Waals surface area contributed by atoms with Crippen molar-refractivity contribution in [2.24, 2.45) is 0 Å². The van der Waals surface area contributed by atoms with Crippen LogP contribution in [0.4, 0.5) is 0 Å². The van der Waals surface area contributed by atoms with Gasteiger partial charge in [0.2, 0.25) is 0 Å². The molecular formula is H11BBiPbSiTeZn. The first-order chi connectivity index (χ1) is 0. The summed E-state index contributed by atoms with van der Waals surface area (Å²) in [6, 6.07) is 0. The van der Waals surface area contributed by atoms with Crippen molar-refractivity contribution >= 4 is 96.5 Å². The maximum atomic E-state index is 0. The van der Waals surface area contributed by atoms with E-state index in [-0.39, 0.29) is 116 Å². The molecule has 0 aliphatic rings. The third kappa shape index (κ3) is 25.9. The topological polar surface area (TPSA) is 0 Å². The van der Waals surface area contributed by atoms with Gasteiger partial charge in [-0.1, -0.05) is 0 Å². The van der Waals surface area contributed by atoms with Gasteiger partial charge in [0.05, 0.1) is 0 Å². The van der Waals surface area contributed by atoms with Gasteiger partial charge >= 0.3 is 77.2 Å². The predicted octanol–water partition coefficient (Wildman–Crippen LogP) is -4.85. The van der Waals surface area contributed by atoms with Gasteiger partial charge in [-0.15, -0.1) is 0 Å². The molecule has 0 aromatic heterocycles. The van der Waals surface area contributed by atoms with Gasteiger partial charge in [-0.05, 0) is 11.0 Å². The molecule has 0 spiro atoms. The zero-order valence-electron chi connectivity index (χ0n) is 3.20. The van der Waals surface area contributed by atoms with Crippen molar-refractivity contribution in [3.8, 4) is 0 Å². The van der Waals surface area contributed by atoms with Crippen molar-refractivity contribution < 1.29 is 19.5 Å². The standard InChI is InChI=1S/B.Bi.Pb.H4Si.H2Te.Zn.5H/h;;;1H4;1H2;;;;;;. The predicted molar refractivity (Wildman–Crippen MR) is 44.1 cm³/mol. The van der Waals surface area contributed by atoms with E-state index in [0.29, 0.717) is 0 Å². The first kappa shape index (κ1) is 56.0. The summed E-state index contributed by atoms with van der Waals surface area (Å²) in [6.45, 7) is 0. The zero-order valence-corrected chi connectivity index (χ0v) is 20.0. The van der Waals surface area contributed by atoms with Crippen molar-refractivity contribution in [3.63, 3.8) is 0 Å².